The number of rotatable bonds is 6. The van der Waals surface area contributed by atoms with Crippen molar-refractivity contribution in [3.8, 4) is 0 Å². The average Bonchev–Trinajstić information content (AvgIpc) is 2.95. The van der Waals surface area contributed by atoms with Crippen LogP contribution < -0.4 is 16.0 Å². The van der Waals surface area contributed by atoms with Crippen molar-refractivity contribution in [1.82, 2.24) is 5.32 Å². The van der Waals surface area contributed by atoms with Crippen LogP contribution in [0, 0.1) is 27.7 Å². The normalized spacial score (nSPS) is 12.4. The van der Waals surface area contributed by atoms with Crippen molar-refractivity contribution >= 4 is 33.8 Å². The molecule has 0 unspecified atom stereocenters. The fourth-order valence-electron chi connectivity index (χ4n) is 3.61. The second-order valence-corrected chi connectivity index (χ2v) is 7.38. The van der Waals surface area contributed by atoms with Gasteiger partial charge in [0.05, 0.1) is 12.0 Å². The summed E-state index contributed by atoms with van der Waals surface area (Å²) in [5.41, 5.74) is 3.63. The summed E-state index contributed by atoms with van der Waals surface area (Å²) >= 11 is 0. The maximum Gasteiger partial charge on any atom is 0.339 e. The van der Waals surface area contributed by atoms with Crippen molar-refractivity contribution in [2.45, 2.75) is 59.9 Å². The van der Waals surface area contributed by atoms with Crippen LogP contribution in [-0.2, 0) is 16.0 Å². The number of carboxylic acids is 1. The van der Waals surface area contributed by atoms with Crippen LogP contribution in [0.25, 0.3) is 21.9 Å². The van der Waals surface area contributed by atoms with Gasteiger partial charge in [0.25, 0.3) is 0 Å². The van der Waals surface area contributed by atoms with E-state index in [9.17, 15) is 19.5 Å². The van der Waals surface area contributed by atoms with E-state index >= 15 is 0 Å². The number of fused-ring (bicyclic) bond motifs is 2. The summed E-state index contributed by atoms with van der Waals surface area (Å²) in [4.78, 5) is 35.7. The zero-order valence-corrected chi connectivity index (χ0v) is 17.2. The molecule has 1 amide bonds. The number of hydrogen-bond donors (Lipinski definition) is 1. The van der Waals surface area contributed by atoms with Crippen molar-refractivity contribution in [1.29, 1.82) is 0 Å². The van der Waals surface area contributed by atoms with E-state index in [1.165, 1.54) is 0 Å². The minimum atomic E-state index is -1.33. The highest BCUT2D eigenvalue weighted by atomic mass is 16.4. The van der Waals surface area contributed by atoms with Gasteiger partial charge in [0.1, 0.15) is 16.9 Å². The number of nitrogens with one attached hydrogen (secondary N) is 1. The Balaban J connectivity index is 1.98. The van der Waals surface area contributed by atoms with E-state index < -0.39 is 23.5 Å². The van der Waals surface area contributed by atoms with Crippen molar-refractivity contribution < 1.29 is 23.5 Å². The number of benzene rings is 1. The fourth-order valence-corrected chi connectivity index (χ4v) is 3.61. The Kier molecular flexibility index (Phi) is 5.50. The Hall–Kier alpha value is -3.09. The predicted molar refractivity (Wildman–Crippen MR) is 107 cm³/mol. The second-order valence-electron chi connectivity index (χ2n) is 7.38. The Labute approximate surface area is 167 Å². The molecule has 7 heteroatoms. The van der Waals surface area contributed by atoms with Crippen LogP contribution in [0.4, 0.5) is 0 Å². The summed E-state index contributed by atoms with van der Waals surface area (Å²) in [5.74, 6) is -0.964. The third-order valence-electron chi connectivity index (χ3n) is 5.57. The maximum atomic E-state index is 12.6. The lowest BCUT2D eigenvalue weighted by atomic mass is 9.98. The molecule has 0 fully saturated rings. The van der Waals surface area contributed by atoms with Gasteiger partial charge in [-0.1, -0.05) is 6.92 Å². The van der Waals surface area contributed by atoms with Crippen molar-refractivity contribution in [3.05, 3.63) is 44.5 Å². The van der Waals surface area contributed by atoms with Gasteiger partial charge in [-0.2, -0.15) is 0 Å². The molecule has 0 spiro atoms. The Morgan fingerprint density at radius 1 is 1.03 bits per heavy atom. The molecule has 0 aliphatic heterocycles. The number of amides is 1. The van der Waals surface area contributed by atoms with Gasteiger partial charge in [0.2, 0.25) is 5.91 Å². The number of carbonyl (C=O) groups excluding carboxylic acids is 2. The zero-order valence-electron chi connectivity index (χ0n) is 17.2. The van der Waals surface area contributed by atoms with Crippen LogP contribution in [0.5, 0.6) is 0 Å². The highest BCUT2D eigenvalue weighted by Gasteiger charge is 2.19. The Morgan fingerprint density at radius 3 is 2.28 bits per heavy atom. The Morgan fingerprint density at radius 2 is 1.66 bits per heavy atom. The molecule has 2 heterocycles. The third kappa shape index (κ3) is 3.64. The van der Waals surface area contributed by atoms with Crippen molar-refractivity contribution in [2.75, 3.05) is 0 Å². The number of carbonyl (C=O) groups is 2. The molecule has 7 nitrogen and oxygen atoms in total. The first-order valence-corrected chi connectivity index (χ1v) is 9.61. The van der Waals surface area contributed by atoms with E-state index in [0.29, 0.717) is 16.7 Å². The highest BCUT2D eigenvalue weighted by molar-refractivity contribution is 6.00. The van der Waals surface area contributed by atoms with E-state index in [1.807, 2.05) is 33.8 Å². The molecule has 0 radical (unpaired) electrons. The van der Waals surface area contributed by atoms with Gasteiger partial charge in [-0.3, -0.25) is 4.79 Å². The van der Waals surface area contributed by atoms with Gasteiger partial charge in [-0.05, 0) is 57.7 Å². The molecule has 0 aliphatic rings. The monoisotopic (exact) mass is 398 g/mol. The van der Waals surface area contributed by atoms with E-state index in [0.717, 1.165) is 33.2 Å². The lowest BCUT2D eigenvalue weighted by Crippen LogP contribution is -2.47. The van der Waals surface area contributed by atoms with Crippen LogP contribution in [0.2, 0.25) is 0 Å². The van der Waals surface area contributed by atoms with Crippen molar-refractivity contribution in [2.24, 2.45) is 0 Å². The quantitative estimate of drug-likeness (QED) is 0.638. The van der Waals surface area contributed by atoms with E-state index in [1.54, 1.807) is 6.92 Å². The molecule has 1 atom stereocenters. The van der Waals surface area contributed by atoms with Gasteiger partial charge in [0.15, 0.2) is 0 Å². The molecule has 154 valence electrons. The van der Waals surface area contributed by atoms with Gasteiger partial charge in [-0.15, -0.1) is 0 Å². The maximum absolute atomic E-state index is 12.6. The molecule has 29 heavy (non-hydrogen) atoms. The van der Waals surface area contributed by atoms with Gasteiger partial charge < -0.3 is 24.1 Å². The highest BCUT2D eigenvalue weighted by Crippen LogP contribution is 2.34. The van der Waals surface area contributed by atoms with Gasteiger partial charge in [-0.25, -0.2) is 4.79 Å². The molecule has 0 saturated carbocycles. The number of hydrogen-bond acceptors (Lipinski definition) is 6. The fraction of sp³-hybridized carbons (Fsp3) is 0.409. The molecule has 2 aromatic heterocycles. The smallest absolute Gasteiger partial charge is 0.339 e. The first kappa shape index (κ1) is 20.6. The molecular weight excluding hydrogens is 374 g/mol. The largest absolute Gasteiger partial charge is 0.548 e. The lowest BCUT2D eigenvalue weighted by molar-refractivity contribution is -0.308. The summed E-state index contributed by atoms with van der Waals surface area (Å²) in [6, 6.07) is 0.911. The zero-order chi connectivity index (χ0) is 21.5. The topological polar surface area (TPSA) is 113 Å². The van der Waals surface area contributed by atoms with Crippen LogP contribution >= 0.6 is 0 Å². The molecule has 1 aromatic carbocycles. The minimum absolute atomic E-state index is 0.0219. The van der Waals surface area contributed by atoms with Gasteiger partial charge >= 0.3 is 5.63 Å². The number of carboxylic acid groups (broad SMARTS) is 1. The summed E-state index contributed by atoms with van der Waals surface area (Å²) < 4.78 is 11.4. The summed E-state index contributed by atoms with van der Waals surface area (Å²) in [5, 5.41) is 15.1. The second kappa shape index (κ2) is 7.73. The molecule has 3 aromatic rings. The average molecular weight is 398 g/mol. The van der Waals surface area contributed by atoms with Crippen LogP contribution in [-0.4, -0.2) is 17.9 Å². The Bertz CT molecular complexity index is 1180. The summed E-state index contributed by atoms with van der Waals surface area (Å²) in [7, 11) is 0. The van der Waals surface area contributed by atoms with Crippen LogP contribution in [0.15, 0.2) is 19.7 Å². The number of aliphatic carboxylic acids is 1. The van der Waals surface area contributed by atoms with Gasteiger partial charge in [0, 0.05) is 28.3 Å². The molecular formula is C22H24NO6-. The first-order valence-electron chi connectivity index (χ1n) is 9.61. The SMILES string of the molecule is CC[C@@H](NC(=O)CCc1c(C)c2cc3c(C)c(C)oc3c(C)c2oc1=O)C(=O)[O-]. The predicted octanol–water partition coefficient (Wildman–Crippen LogP) is 2.35. The van der Waals surface area contributed by atoms with E-state index in [-0.39, 0.29) is 19.3 Å². The third-order valence-corrected chi connectivity index (χ3v) is 5.57. The summed E-state index contributed by atoms with van der Waals surface area (Å²) in [6.07, 6.45) is 0.357. The standard InChI is InChI=1S/C22H25NO6/c1-6-17(21(25)26)23-18(24)8-7-14-11(3)16-9-15-10(2)13(5)28-19(15)12(4)20(16)29-22(14)27/h9,17H,6-8H2,1-5H3,(H,23,24)(H,25,26)/p-1/t17-/m1/s1. The minimum Gasteiger partial charge on any atom is -0.548 e. The molecule has 3 rings (SSSR count). The number of aryl methyl sites for hydroxylation is 4. The number of furan rings is 1. The first-order chi connectivity index (χ1) is 13.6. The van der Waals surface area contributed by atoms with Crippen molar-refractivity contribution in [3.63, 3.8) is 0 Å². The van der Waals surface area contributed by atoms with Crippen LogP contribution in [0.3, 0.4) is 0 Å². The van der Waals surface area contributed by atoms with E-state index in [4.69, 9.17) is 8.83 Å². The summed E-state index contributed by atoms with van der Waals surface area (Å²) in [6.45, 7) is 9.20. The molecule has 0 bridgehead atoms. The molecule has 0 saturated heterocycles. The van der Waals surface area contributed by atoms with E-state index in [2.05, 4.69) is 5.32 Å². The van der Waals surface area contributed by atoms with Crippen LogP contribution in [0.1, 0.15) is 47.8 Å². The molecule has 1 N–H and O–H groups in total. The molecule has 0 aliphatic carbocycles. The lowest BCUT2D eigenvalue weighted by Gasteiger charge is -2.17.